The third-order valence-electron chi connectivity index (χ3n) is 3.59. The Balaban J connectivity index is 2.06. The van der Waals surface area contributed by atoms with Gasteiger partial charge in [0.05, 0.1) is 0 Å². The quantitative estimate of drug-likeness (QED) is 0.850. The SMILES string of the molecule is CCNC1(C(N)=O)CCC(Oc2ccccc2F)C1. The highest BCUT2D eigenvalue weighted by Gasteiger charge is 2.44. The van der Waals surface area contributed by atoms with Gasteiger partial charge in [-0.2, -0.15) is 0 Å². The molecule has 0 aliphatic heterocycles. The fourth-order valence-electron chi connectivity index (χ4n) is 2.63. The zero-order valence-electron chi connectivity index (χ0n) is 11.0. The molecule has 1 fully saturated rings. The van der Waals surface area contributed by atoms with E-state index in [4.69, 9.17) is 10.5 Å². The van der Waals surface area contributed by atoms with Gasteiger partial charge in [0.15, 0.2) is 11.6 Å². The van der Waals surface area contributed by atoms with E-state index >= 15 is 0 Å². The molecule has 0 aromatic heterocycles. The van der Waals surface area contributed by atoms with Crippen LogP contribution in [0, 0.1) is 5.82 Å². The summed E-state index contributed by atoms with van der Waals surface area (Å²) in [6.07, 6.45) is 1.59. The van der Waals surface area contributed by atoms with Crippen molar-refractivity contribution in [1.29, 1.82) is 0 Å². The van der Waals surface area contributed by atoms with Crippen LogP contribution in [0.15, 0.2) is 24.3 Å². The highest BCUT2D eigenvalue weighted by atomic mass is 19.1. The number of para-hydroxylation sites is 1. The number of likely N-dealkylation sites (N-methyl/N-ethyl adjacent to an activating group) is 1. The van der Waals surface area contributed by atoms with Crippen molar-refractivity contribution in [3.05, 3.63) is 30.1 Å². The summed E-state index contributed by atoms with van der Waals surface area (Å²) in [6.45, 7) is 2.59. The van der Waals surface area contributed by atoms with E-state index in [0.29, 0.717) is 25.8 Å². The minimum atomic E-state index is -0.718. The molecule has 0 bridgehead atoms. The van der Waals surface area contributed by atoms with Gasteiger partial charge in [-0.15, -0.1) is 0 Å². The Morgan fingerprint density at radius 1 is 1.58 bits per heavy atom. The number of rotatable bonds is 5. The van der Waals surface area contributed by atoms with Gasteiger partial charge in [-0.1, -0.05) is 19.1 Å². The average Bonchev–Trinajstić information content (AvgIpc) is 2.77. The second-order valence-corrected chi connectivity index (χ2v) is 4.89. The summed E-state index contributed by atoms with van der Waals surface area (Å²) in [6, 6.07) is 6.28. The van der Waals surface area contributed by atoms with Crippen LogP contribution >= 0.6 is 0 Å². The number of amides is 1. The highest BCUT2D eigenvalue weighted by molar-refractivity contribution is 5.85. The van der Waals surface area contributed by atoms with Crippen molar-refractivity contribution in [2.45, 2.75) is 37.8 Å². The molecule has 1 aliphatic carbocycles. The molecule has 1 saturated carbocycles. The number of carbonyl (C=O) groups is 1. The van der Waals surface area contributed by atoms with E-state index in [1.54, 1.807) is 18.2 Å². The highest BCUT2D eigenvalue weighted by Crippen LogP contribution is 2.33. The number of benzene rings is 1. The van der Waals surface area contributed by atoms with Crippen molar-refractivity contribution >= 4 is 5.91 Å². The van der Waals surface area contributed by atoms with Gasteiger partial charge in [0.25, 0.3) is 0 Å². The first kappa shape index (κ1) is 13.8. The van der Waals surface area contributed by atoms with Crippen LogP contribution in [0.25, 0.3) is 0 Å². The van der Waals surface area contributed by atoms with E-state index in [1.807, 2.05) is 6.92 Å². The number of carbonyl (C=O) groups excluding carboxylic acids is 1. The van der Waals surface area contributed by atoms with E-state index in [-0.39, 0.29) is 23.6 Å². The number of nitrogens with two attached hydrogens (primary N) is 1. The fraction of sp³-hybridized carbons (Fsp3) is 0.500. The van der Waals surface area contributed by atoms with Crippen LogP contribution in [0.5, 0.6) is 5.75 Å². The van der Waals surface area contributed by atoms with Crippen molar-refractivity contribution in [2.75, 3.05) is 6.54 Å². The molecule has 0 spiro atoms. The number of primary amides is 1. The Labute approximate surface area is 112 Å². The molecule has 2 rings (SSSR count). The minimum Gasteiger partial charge on any atom is -0.487 e. The molecule has 5 heteroatoms. The summed E-state index contributed by atoms with van der Waals surface area (Å²) in [5.74, 6) is -0.527. The number of halogens is 1. The number of hydrogen-bond donors (Lipinski definition) is 2. The molecule has 3 N–H and O–H groups in total. The summed E-state index contributed by atoms with van der Waals surface area (Å²) in [5, 5.41) is 3.14. The molecule has 0 heterocycles. The zero-order valence-corrected chi connectivity index (χ0v) is 11.0. The molecular weight excluding hydrogens is 247 g/mol. The lowest BCUT2D eigenvalue weighted by Crippen LogP contribution is -2.54. The predicted octanol–water partition coefficient (Wildman–Crippen LogP) is 1.59. The molecule has 19 heavy (non-hydrogen) atoms. The maximum atomic E-state index is 13.5. The summed E-state index contributed by atoms with van der Waals surface area (Å²) >= 11 is 0. The van der Waals surface area contributed by atoms with Crippen molar-refractivity contribution in [3.63, 3.8) is 0 Å². The number of ether oxygens (including phenoxy) is 1. The molecule has 1 aliphatic rings. The summed E-state index contributed by atoms with van der Waals surface area (Å²) in [4.78, 5) is 11.6. The molecule has 2 unspecified atom stereocenters. The Hall–Kier alpha value is -1.62. The van der Waals surface area contributed by atoms with E-state index in [9.17, 15) is 9.18 Å². The van der Waals surface area contributed by atoms with Crippen LogP contribution < -0.4 is 15.8 Å². The van der Waals surface area contributed by atoms with Gasteiger partial charge in [0.1, 0.15) is 11.6 Å². The monoisotopic (exact) mass is 266 g/mol. The maximum Gasteiger partial charge on any atom is 0.237 e. The third-order valence-corrected chi connectivity index (χ3v) is 3.59. The van der Waals surface area contributed by atoms with Crippen molar-refractivity contribution in [3.8, 4) is 5.75 Å². The number of hydrogen-bond acceptors (Lipinski definition) is 3. The van der Waals surface area contributed by atoms with Crippen LogP contribution in [0.2, 0.25) is 0 Å². The Morgan fingerprint density at radius 2 is 2.32 bits per heavy atom. The van der Waals surface area contributed by atoms with Gasteiger partial charge in [0.2, 0.25) is 5.91 Å². The molecule has 0 saturated heterocycles. The van der Waals surface area contributed by atoms with Crippen LogP contribution in [0.3, 0.4) is 0 Å². The first-order valence-corrected chi connectivity index (χ1v) is 6.53. The topological polar surface area (TPSA) is 64.3 Å². The average molecular weight is 266 g/mol. The largest absolute Gasteiger partial charge is 0.487 e. The summed E-state index contributed by atoms with van der Waals surface area (Å²) < 4.78 is 19.1. The summed E-state index contributed by atoms with van der Waals surface area (Å²) in [7, 11) is 0. The van der Waals surface area contributed by atoms with Gasteiger partial charge in [-0.25, -0.2) is 4.39 Å². The second-order valence-electron chi connectivity index (χ2n) is 4.89. The molecule has 0 radical (unpaired) electrons. The molecule has 1 aromatic rings. The zero-order chi connectivity index (χ0) is 13.9. The first-order chi connectivity index (χ1) is 9.07. The van der Waals surface area contributed by atoms with Crippen LogP contribution in [-0.4, -0.2) is 24.1 Å². The predicted molar refractivity (Wildman–Crippen MR) is 70.3 cm³/mol. The standard InChI is InChI=1S/C14H19FN2O2/c1-2-17-14(13(16)18)8-7-10(9-14)19-12-6-4-3-5-11(12)15/h3-6,10,17H,2,7-9H2,1H3,(H2,16,18). The molecule has 104 valence electrons. The normalized spacial score (nSPS) is 26.3. The van der Waals surface area contributed by atoms with E-state index < -0.39 is 5.54 Å². The molecular formula is C14H19FN2O2. The van der Waals surface area contributed by atoms with Crippen LogP contribution in [-0.2, 0) is 4.79 Å². The van der Waals surface area contributed by atoms with Crippen molar-refractivity contribution in [1.82, 2.24) is 5.32 Å². The second kappa shape index (κ2) is 5.57. The Morgan fingerprint density at radius 3 is 2.95 bits per heavy atom. The molecule has 1 amide bonds. The third kappa shape index (κ3) is 2.87. The lowest BCUT2D eigenvalue weighted by molar-refractivity contribution is -0.124. The molecule has 2 atom stereocenters. The van der Waals surface area contributed by atoms with Gasteiger partial charge in [-0.3, -0.25) is 4.79 Å². The van der Waals surface area contributed by atoms with Gasteiger partial charge >= 0.3 is 0 Å². The van der Waals surface area contributed by atoms with E-state index in [0.717, 1.165) is 0 Å². The maximum absolute atomic E-state index is 13.5. The lowest BCUT2D eigenvalue weighted by Gasteiger charge is -2.26. The lowest BCUT2D eigenvalue weighted by atomic mass is 9.96. The van der Waals surface area contributed by atoms with E-state index in [1.165, 1.54) is 6.07 Å². The van der Waals surface area contributed by atoms with Gasteiger partial charge in [-0.05, 0) is 31.5 Å². The molecule has 4 nitrogen and oxygen atoms in total. The van der Waals surface area contributed by atoms with E-state index in [2.05, 4.69) is 5.32 Å². The Kier molecular flexibility index (Phi) is 4.04. The minimum absolute atomic E-state index is 0.191. The Bertz CT molecular complexity index is 467. The van der Waals surface area contributed by atoms with Crippen LogP contribution in [0.1, 0.15) is 26.2 Å². The van der Waals surface area contributed by atoms with Gasteiger partial charge in [0, 0.05) is 6.42 Å². The van der Waals surface area contributed by atoms with Crippen molar-refractivity contribution < 1.29 is 13.9 Å². The first-order valence-electron chi connectivity index (χ1n) is 6.53. The smallest absolute Gasteiger partial charge is 0.237 e. The van der Waals surface area contributed by atoms with Crippen LogP contribution in [0.4, 0.5) is 4.39 Å². The summed E-state index contributed by atoms with van der Waals surface area (Å²) in [5.41, 5.74) is 4.76. The van der Waals surface area contributed by atoms with Crippen molar-refractivity contribution in [2.24, 2.45) is 5.73 Å². The molecule has 1 aromatic carbocycles. The fourth-order valence-corrected chi connectivity index (χ4v) is 2.63. The number of nitrogens with one attached hydrogen (secondary N) is 1. The van der Waals surface area contributed by atoms with Gasteiger partial charge < -0.3 is 15.8 Å².